The standard InChI is InChI=1S/C29H24N4O4/c30-27-26(28(35)31-29(36)33(27)19-21-11-5-2-6-12-21)32(18-20-9-3-1-4-10-20)25(34)16-15-23-17-22-13-7-8-14-24(22)37-23/h1-17H,18-19,30H2,(H,31,35,36)/b16-15+. The summed E-state index contributed by atoms with van der Waals surface area (Å²) in [7, 11) is 0. The van der Waals surface area contributed by atoms with Crippen molar-refractivity contribution in [3.8, 4) is 0 Å². The first-order valence-electron chi connectivity index (χ1n) is 11.7. The Morgan fingerprint density at radius 1 is 0.919 bits per heavy atom. The van der Waals surface area contributed by atoms with Crippen LogP contribution in [0.4, 0.5) is 11.5 Å². The quantitative estimate of drug-likeness (QED) is 0.331. The fourth-order valence-corrected chi connectivity index (χ4v) is 4.12. The van der Waals surface area contributed by atoms with E-state index in [1.54, 1.807) is 6.08 Å². The van der Waals surface area contributed by atoms with Crippen molar-refractivity contribution >= 4 is 34.5 Å². The average molecular weight is 493 g/mol. The highest BCUT2D eigenvalue weighted by Gasteiger charge is 2.23. The molecule has 184 valence electrons. The van der Waals surface area contributed by atoms with Gasteiger partial charge in [-0.1, -0.05) is 78.9 Å². The van der Waals surface area contributed by atoms with E-state index in [0.29, 0.717) is 11.3 Å². The number of hydrogen-bond donors (Lipinski definition) is 2. The molecule has 0 aliphatic carbocycles. The molecule has 37 heavy (non-hydrogen) atoms. The van der Waals surface area contributed by atoms with Crippen molar-refractivity contribution < 1.29 is 9.21 Å². The first-order valence-corrected chi connectivity index (χ1v) is 11.7. The molecule has 0 unspecified atom stereocenters. The number of benzene rings is 3. The third-order valence-corrected chi connectivity index (χ3v) is 5.95. The Morgan fingerprint density at radius 2 is 1.57 bits per heavy atom. The number of aromatic nitrogens is 2. The Hall–Kier alpha value is -5.11. The number of nitrogen functional groups attached to an aromatic ring is 1. The van der Waals surface area contributed by atoms with Crippen LogP contribution < -0.4 is 21.9 Å². The molecule has 0 atom stereocenters. The molecular formula is C29H24N4O4. The lowest BCUT2D eigenvalue weighted by Crippen LogP contribution is -2.40. The second-order valence-corrected chi connectivity index (χ2v) is 8.49. The fourth-order valence-electron chi connectivity index (χ4n) is 4.12. The van der Waals surface area contributed by atoms with Gasteiger partial charge < -0.3 is 10.2 Å². The summed E-state index contributed by atoms with van der Waals surface area (Å²) >= 11 is 0. The zero-order valence-corrected chi connectivity index (χ0v) is 19.8. The van der Waals surface area contributed by atoms with E-state index in [9.17, 15) is 14.4 Å². The van der Waals surface area contributed by atoms with Gasteiger partial charge in [0.25, 0.3) is 11.5 Å². The van der Waals surface area contributed by atoms with Crippen LogP contribution in [0.15, 0.2) is 111 Å². The van der Waals surface area contributed by atoms with E-state index in [1.807, 2.05) is 91.0 Å². The Balaban J connectivity index is 1.55. The monoisotopic (exact) mass is 492 g/mol. The van der Waals surface area contributed by atoms with E-state index in [4.69, 9.17) is 10.2 Å². The van der Waals surface area contributed by atoms with Crippen LogP contribution in [0.1, 0.15) is 16.9 Å². The predicted molar refractivity (Wildman–Crippen MR) is 144 cm³/mol. The van der Waals surface area contributed by atoms with E-state index in [1.165, 1.54) is 15.5 Å². The number of fused-ring (bicyclic) bond motifs is 1. The summed E-state index contributed by atoms with van der Waals surface area (Å²) in [5, 5.41) is 0.907. The zero-order valence-electron chi connectivity index (χ0n) is 19.8. The molecule has 0 saturated heterocycles. The summed E-state index contributed by atoms with van der Waals surface area (Å²) in [6.07, 6.45) is 2.87. The number of nitrogens with two attached hydrogens (primary N) is 1. The van der Waals surface area contributed by atoms with Gasteiger partial charge in [0.1, 0.15) is 17.2 Å². The van der Waals surface area contributed by atoms with Crippen LogP contribution in [0.3, 0.4) is 0 Å². The minimum absolute atomic E-state index is 0.0704. The Morgan fingerprint density at radius 3 is 2.27 bits per heavy atom. The van der Waals surface area contributed by atoms with E-state index in [0.717, 1.165) is 16.5 Å². The van der Waals surface area contributed by atoms with Gasteiger partial charge in [-0.2, -0.15) is 0 Å². The maximum Gasteiger partial charge on any atom is 0.330 e. The molecule has 8 heteroatoms. The Labute approximate surface area is 211 Å². The van der Waals surface area contributed by atoms with Gasteiger partial charge in [0.15, 0.2) is 5.69 Å². The molecule has 3 N–H and O–H groups in total. The fraction of sp³-hybridized carbons (Fsp3) is 0.0690. The van der Waals surface area contributed by atoms with Gasteiger partial charge in [-0.25, -0.2) is 4.79 Å². The molecule has 0 bridgehead atoms. The number of nitrogens with zero attached hydrogens (tertiary/aromatic N) is 2. The molecule has 5 aromatic rings. The smallest absolute Gasteiger partial charge is 0.330 e. The van der Waals surface area contributed by atoms with E-state index >= 15 is 0 Å². The number of amides is 1. The highest BCUT2D eigenvalue weighted by Crippen LogP contribution is 2.23. The average Bonchev–Trinajstić information content (AvgIpc) is 3.33. The van der Waals surface area contributed by atoms with Gasteiger partial charge in [0, 0.05) is 11.5 Å². The SMILES string of the molecule is Nc1c(N(Cc2ccccc2)C(=O)/C=C/c2cc3ccccc3o2)c(=O)[nH]c(=O)n1Cc1ccccc1. The highest BCUT2D eigenvalue weighted by atomic mass is 16.3. The number of anilines is 2. The van der Waals surface area contributed by atoms with Crippen LogP contribution in [0.5, 0.6) is 0 Å². The lowest BCUT2D eigenvalue weighted by Gasteiger charge is -2.23. The first kappa shape index (κ1) is 23.6. The molecule has 2 aromatic heterocycles. The lowest BCUT2D eigenvalue weighted by molar-refractivity contribution is -0.114. The summed E-state index contributed by atoms with van der Waals surface area (Å²) in [4.78, 5) is 42.8. The second-order valence-electron chi connectivity index (χ2n) is 8.49. The predicted octanol–water partition coefficient (Wildman–Crippen LogP) is 4.16. The molecular weight excluding hydrogens is 468 g/mol. The lowest BCUT2D eigenvalue weighted by atomic mass is 10.2. The van der Waals surface area contributed by atoms with Crippen molar-refractivity contribution in [2.75, 3.05) is 10.6 Å². The molecule has 3 aromatic carbocycles. The van der Waals surface area contributed by atoms with Crippen molar-refractivity contribution in [2.45, 2.75) is 13.1 Å². The molecule has 8 nitrogen and oxygen atoms in total. The largest absolute Gasteiger partial charge is 0.457 e. The molecule has 0 fully saturated rings. The van der Waals surface area contributed by atoms with Gasteiger partial charge >= 0.3 is 5.69 Å². The molecule has 1 amide bonds. The van der Waals surface area contributed by atoms with Crippen molar-refractivity contribution in [3.63, 3.8) is 0 Å². The van der Waals surface area contributed by atoms with Crippen molar-refractivity contribution in [3.05, 3.63) is 135 Å². The Bertz CT molecular complexity index is 1670. The van der Waals surface area contributed by atoms with Crippen LogP contribution in [0, 0.1) is 0 Å². The number of para-hydroxylation sites is 1. The molecule has 2 heterocycles. The second kappa shape index (κ2) is 10.2. The van der Waals surface area contributed by atoms with Gasteiger partial charge in [-0.05, 0) is 29.3 Å². The Kier molecular flexibility index (Phi) is 6.54. The third-order valence-electron chi connectivity index (χ3n) is 5.95. The van der Waals surface area contributed by atoms with Crippen LogP contribution in [0.25, 0.3) is 17.0 Å². The van der Waals surface area contributed by atoms with Gasteiger partial charge in [-0.15, -0.1) is 0 Å². The van der Waals surface area contributed by atoms with Crippen LogP contribution in [-0.4, -0.2) is 15.5 Å². The van der Waals surface area contributed by atoms with Crippen LogP contribution in [0.2, 0.25) is 0 Å². The number of carbonyl (C=O) groups is 1. The maximum atomic E-state index is 13.5. The summed E-state index contributed by atoms with van der Waals surface area (Å²) in [6.45, 7) is 0.207. The first-order chi connectivity index (χ1) is 18.0. The molecule has 0 radical (unpaired) electrons. The minimum atomic E-state index is -0.742. The number of carbonyl (C=O) groups excluding carboxylic acids is 1. The molecule has 0 spiro atoms. The summed E-state index contributed by atoms with van der Waals surface area (Å²) in [5.41, 5.74) is 7.20. The molecule has 0 saturated carbocycles. The number of rotatable bonds is 7. The zero-order chi connectivity index (χ0) is 25.8. The van der Waals surface area contributed by atoms with Crippen LogP contribution in [-0.2, 0) is 17.9 Å². The molecule has 0 aliphatic heterocycles. The van der Waals surface area contributed by atoms with Crippen molar-refractivity contribution in [1.29, 1.82) is 0 Å². The number of hydrogen-bond acceptors (Lipinski definition) is 5. The summed E-state index contributed by atoms with van der Waals surface area (Å²) < 4.78 is 7.03. The normalized spacial score (nSPS) is 11.2. The molecule has 0 aliphatic rings. The number of furan rings is 1. The number of aromatic amines is 1. The van der Waals surface area contributed by atoms with E-state index < -0.39 is 17.2 Å². The molecule has 5 rings (SSSR count). The van der Waals surface area contributed by atoms with Gasteiger partial charge in [-0.3, -0.25) is 24.0 Å². The van der Waals surface area contributed by atoms with E-state index in [-0.39, 0.29) is 24.6 Å². The van der Waals surface area contributed by atoms with Gasteiger partial charge in [0.05, 0.1) is 13.1 Å². The summed E-state index contributed by atoms with van der Waals surface area (Å²) in [6, 6.07) is 27.8. The third kappa shape index (κ3) is 5.13. The summed E-state index contributed by atoms with van der Waals surface area (Å²) in [5.74, 6) is -0.101. The maximum absolute atomic E-state index is 13.5. The van der Waals surface area contributed by atoms with E-state index in [2.05, 4.69) is 4.98 Å². The number of H-pyrrole nitrogens is 1. The van der Waals surface area contributed by atoms with Gasteiger partial charge in [0.2, 0.25) is 0 Å². The van der Waals surface area contributed by atoms with Crippen molar-refractivity contribution in [1.82, 2.24) is 9.55 Å². The van der Waals surface area contributed by atoms with Crippen molar-refractivity contribution in [2.24, 2.45) is 0 Å². The minimum Gasteiger partial charge on any atom is -0.457 e. The topological polar surface area (TPSA) is 114 Å². The highest BCUT2D eigenvalue weighted by molar-refractivity contribution is 6.05. The number of nitrogens with one attached hydrogen (secondary N) is 1. The van der Waals surface area contributed by atoms with Crippen LogP contribution >= 0.6 is 0 Å².